The third-order valence-electron chi connectivity index (χ3n) is 3.85. The molecule has 2 N–H and O–H groups in total. The lowest BCUT2D eigenvalue weighted by molar-refractivity contribution is -0.135. The van der Waals surface area contributed by atoms with Crippen molar-refractivity contribution in [2.75, 3.05) is 13.1 Å². The topological polar surface area (TPSA) is 78.5 Å². The molecule has 1 saturated heterocycles. The van der Waals surface area contributed by atoms with Gasteiger partial charge in [0.1, 0.15) is 6.04 Å². The van der Waals surface area contributed by atoms with Gasteiger partial charge in [-0.2, -0.15) is 0 Å². The van der Waals surface area contributed by atoms with E-state index >= 15 is 0 Å². The van der Waals surface area contributed by atoms with Crippen LogP contribution in [-0.4, -0.2) is 41.8 Å². The molecule has 0 radical (unpaired) electrons. The number of amides is 3. The third kappa shape index (κ3) is 5.09. The first-order valence-corrected chi connectivity index (χ1v) is 7.93. The Balaban J connectivity index is 1.83. The van der Waals surface area contributed by atoms with Crippen molar-refractivity contribution in [2.24, 2.45) is 0 Å². The Morgan fingerprint density at radius 2 is 1.87 bits per heavy atom. The van der Waals surface area contributed by atoms with E-state index in [1.54, 1.807) is 4.90 Å². The molecule has 1 aliphatic rings. The molecular weight excluding hydrogens is 294 g/mol. The molecule has 1 aliphatic heterocycles. The first-order chi connectivity index (χ1) is 11.1. The summed E-state index contributed by atoms with van der Waals surface area (Å²) >= 11 is 0. The Bertz CT molecular complexity index is 559. The molecule has 2 rings (SSSR count). The summed E-state index contributed by atoms with van der Waals surface area (Å²) < 4.78 is 0. The molecule has 0 bridgehead atoms. The Morgan fingerprint density at radius 1 is 1.17 bits per heavy atom. The van der Waals surface area contributed by atoms with Gasteiger partial charge in [0.25, 0.3) is 0 Å². The second-order valence-corrected chi connectivity index (χ2v) is 5.69. The van der Waals surface area contributed by atoms with Gasteiger partial charge in [0.15, 0.2) is 0 Å². The van der Waals surface area contributed by atoms with Gasteiger partial charge in [-0.25, -0.2) is 0 Å². The molecule has 124 valence electrons. The van der Waals surface area contributed by atoms with Crippen LogP contribution in [0.25, 0.3) is 0 Å². The maximum atomic E-state index is 12.3. The second kappa shape index (κ2) is 8.31. The van der Waals surface area contributed by atoms with Crippen molar-refractivity contribution in [3.05, 3.63) is 35.9 Å². The lowest BCUT2D eigenvalue weighted by Gasteiger charge is -2.24. The van der Waals surface area contributed by atoms with E-state index in [1.807, 2.05) is 30.3 Å². The molecule has 6 heteroatoms. The highest BCUT2D eigenvalue weighted by Gasteiger charge is 2.35. The lowest BCUT2D eigenvalue weighted by Crippen LogP contribution is -2.44. The van der Waals surface area contributed by atoms with Crippen LogP contribution >= 0.6 is 0 Å². The summed E-state index contributed by atoms with van der Waals surface area (Å²) in [5.41, 5.74) is 1.02. The molecule has 1 unspecified atom stereocenters. The summed E-state index contributed by atoms with van der Waals surface area (Å²) in [5.74, 6) is -0.173. The summed E-state index contributed by atoms with van der Waals surface area (Å²) in [7, 11) is 0. The van der Waals surface area contributed by atoms with Crippen LogP contribution in [0, 0.1) is 0 Å². The molecule has 0 spiro atoms. The van der Waals surface area contributed by atoms with Gasteiger partial charge < -0.3 is 15.5 Å². The van der Waals surface area contributed by atoms with Crippen molar-refractivity contribution >= 4 is 17.7 Å². The van der Waals surface area contributed by atoms with Gasteiger partial charge in [0.05, 0.1) is 0 Å². The molecule has 1 aromatic carbocycles. The van der Waals surface area contributed by atoms with Gasteiger partial charge in [-0.3, -0.25) is 14.4 Å². The number of carbonyl (C=O) groups is 3. The average Bonchev–Trinajstić information content (AvgIpc) is 2.89. The van der Waals surface area contributed by atoms with Crippen LogP contribution in [0.4, 0.5) is 0 Å². The minimum Gasteiger partial charge on any atom is -0.356 e. The molecule has 1 aromatic rings. The maximum Gasteiger partial charge on any atom is 0.242 e. The smallest absolute Gasteiger partial charge is 0.242 e. The molecule has 6 nitrogen and oxygen atoms in total. The summed E-state index contributed by atoms with van der Waals surface area (Å²) in [4.78, 5) is 36.8. The molecule has 1 atom stereocenters. The SMILES string of the molecule is CC(=O)NCCCNC(=O)C1CCC(=O)N1Cc1ccccc1. The third-order valence-corrected chi connectivity index (χ3v) is 3.85. The van der Waals surface area contributed by atoms with Crippen molar-refractivity contribution in [3.8, 4) is 0 Å². The van der Waals surface area contributed by atoms with E-state index in [2.05, 4.69) is 10.6 Å². The van der Waals surface area contributed by atoms with E-state index in [0.717, 1.165) is 5.56 Å². The van der Waals surface area contributed by atoms with Crippen molar-refractivity contribution in [2.45, 2.75) is 38.8 Å². The standard InChI is InChI=1S/C17H23N3O3/c1-13(21)18-10-5-11-19-17(23)15-8-9-16(22)20(15)12-14-6-3-2-4-7-14/h2-4,6-7,15H,5,8-12H2,1H3,(H,18,21)(H,19,23). The molecule has 1 heterocycles. The molecule has 1 fully saturated rings. The zero-order chi connectivity index (χ0) is 16.7. The number of hydrogen-bond acceptors (Lipinski definition) is 3. The van der Waals surface area contributed by atoms with E-state index in [1.165, 1.54) is 6.92 Å². The molecule has 23 heavy (non-hydrogen) atoms. The zero-order valence-corrected chi connectivity index (χ0v) is 13.4. The quantitative estimate of drug-likeness (QED) is 0.731. The predicted octanol–water partition coefficient (Wildman–Crippen LogP) is 0.820. The van der Waals surface area contributed by atoms with Crippen molar-refractivity contribution < 1.29 is 14.4 Å². The normalized spacial score (nSPS) is 17.2. The second-order valence-electron chi connectivity index (χ2n) is 5.69. The molecular formula is C17H23N3O3. The van der Waals surface area contributed by atoms with Gasteiger partial charge in [0, 0.05) is 33.0 Å². The number of nitrogens with one attached hydrogen (secondary N) is 2. The minimum absolute atomic E-state index is 0.0206. The van der Waals surface area contributed by atoms with E-state index in [0.29, 0.717) is 38.9 Å². The summed E-state index contributed by atoms with van der Waals surface area (Å²) in [5, 5.41) is 5.53. The lowest BCUT2D eigenvalue weighted by atomic mass is 10.1. The first-order valence-electron chi connectivity index (χ1n) is 7.93. The minimum atomic E-state index is -0.400. The highest BCUT2D eigenvalue weighted by atomic mass is 16.2. The van der Waals surface area contributed by atoms with E-state index in [-0.39, 0.29) is 17.7 Å². The summed E-state index contributed by atoms with van der Waals surface area (Å²) in [6.07, 6.45) is 1.64. The monoisotopic (exact) mass is 317 g/mol. The first kappa shape index (κ1) is 17.0. The van der Waals surface area contributed by atoms with Crippen LogP contribution in [0.15, 0.2) is 30.3 Å². The average molecular weight is 317 g/mol. The van der Waals surface area contributed by atoms with E-state index < -0.39 is 6.04 Å². The van der Waals surface area contributed by atoms with Crippen LogP contribution < -0.4 is 10.6 Å². The number of likely N-dealkylation sites (tertiary alicyclic amines) is 1. The largest absolute Gasteiger partial charge is 0.356 e. The highest BCUT2D eigenvalue weighted by Crippen LogP contribution is 2.21. The fourth-order valence-corrected chi connectivity index (χ4v) is 2.67. The number of carbonyl (C=O) groups excluding carboxylic acids is 3. The van der Waals surface area contributed by atoms with Gasteiger partial charge in [0.2, 0.25) is 17.7 Å². The fourth-order valence-electron chi connectivity index (χ4n) is 2.67. The van der Waals surface area contributed by atoms with Crippen LogP contribution in [-0.2, 0) is 20.9 Å². The van der Waals surface area contributed by atoms with Gasteiger partial charge >= 0.3 is 0 Å². The molecule has 0 saturated carbocycles. The van der Waals surface area contributed by atoms with Crippen LogP contribution in [0.1, 0.15) is 31.7 Å². The number of hydrogen-bond donors (Lipinski definition) is 2. The summed E-state index contributed by atoms with van der Waals surface area (Å²) in [6.45, 7) is 2.95. The van der Waals surface area contributed by atoms with Gasteiger partial charge in [-0.15, -0.1) is 0 Å². The van der Waals surface area contributed by atoms with Crippen molar-refractivity contribution in [1.82, 2.24) is 15.5 Å². The number of nitrogens with zero attached hydrogens (tertiary/aromatic N) is 1. The number of rotatable bonds is 7. The Morgan fingerprint density at radius 3 is 2.57 bits per heavy atom. The van der Waals surface area contributed by atoms with Crippen LogP contribution in [0.5, 0.6) is 0 Å². The van der Waals surface area contributed by atoms with E-state index in [4.69, 9.17) is 0 Å². The molecule has 0 aliphatic carbocycles. The predicted molar refractivity (Wildman–Crippen MR) is 86.3 cm³/mol. The van der Waals surface area contributed by atoms with Gasteiger partial charge in [-0.05, 0) is 18.4 Å². The number of benzene rings is 1. The van der Waals surface area contributed by atoms with Crippen LogP contribution in [0.3, 0.4) is 0 Å². The van der Waals surface area contributed by atoms with E-state index in [9.17, 15) is 14.4 Å². The van der Waals surface area contributed by atoms with Crippen LogP contribution in [0.2, 0.25) is 0 Å². The van der Waals surface area contributed by atoms with Crippen molar-refractivity contribution in [1.29, 1.82) is 0 Å². The molecule has 3 amide bonds. The maximum absolute atomic E-state index is 12.3. The fraction of sp³-hybridized carbons (Fsp3) is 0.471. The van der Waals surface area contributed by atoms with Gasteiger partial charge in [-0.1, -0.05) is 30.3 Å². The Labute approximate surface area is 136 Å². The van der Waals surface area contributed by atoms with Crippen molar-refractivity contribution in [3.63, 3.8) is 0 Å². The highest BCUT2D eigenvalue weighted by molar-refractivity contribution is 5.90. The summed E-state index contributed by atoms with van der Waals surface area (Å²) in [6, 6.07) is 9.28. The molecule has 0 aromatic heterocycles. The Hall–Kier alpha value is -2.37. The zero-order valence-electron chi connectivity index (χ0n) is 13.4. The Kier molecular flexibility index (Phi) is 6.14.